The van der Waals surface area contributed by atoms with Gasteiger partial charge in [0, 0.05) is 13.1 Å². The first-order chi connectivity index (χ1) is 22.6. The first-order valence-electron chi connectivity index (χ1n) is 17.6. The third-order valence-corrected chi connectivity index (χ3v) is 10.3. The smallest absolute Gasteiger partial charge is 0.238 e. The van der Waals surface area contributed by atoms with Gasteiger partial charge in [0.15, 0.2) is 0 Å². The van der Waals surface area contributed by atoms with Gasteiger partial charge in [-0.15, -0.1) is 0 Å². The molecule has 1 aliphatic rings. The van der Waals surface area contributed by atoms with E-state index in [9.17, 15) is 19.8 Å². The second-order valence-electron chi connectivity index (χ2n) is 14.0. The number of fused-ring (bicyclic) bond motifs is 2. The number of hydrogen-bond donors (Lipinski definition) is 3. The van der Waals surface area contributed by atoms with Crippen molar-refractivity contribution in [3.05, 3.63) is 96.1 Å². The third-order valence-electron chi connectivity index (χ3n) is 10.3. The van der Waals surface area contributed by atoms with Crippen molar-refractivity contribution in [1.29, 1.82) is 0 Å². The van der Waals surface area contributed by atoms with E-state index < -0.39 is 22.5 Å². The number of nitrogens with zero attached hydrogens (tertiary/aromatic N) is 1. The minimum absolute atomic E-state index is 0.0690. The summed E-state index contributed by atoms with van der Waals surface area (Å²) < 4.78 is 0. The van der Waals surface area contributed by atoms with Crippen molar-refractivity contribution in [2.24, 2.45) is 11.1 Å². The van der Waals surface area contributed by atoms with E-state index in [1.807, 2.05) is 26.0 Å². The molecule has 250 valence electrons. The molecule has 0 aromatic heterocycles. The first-order valence-corrected chi connectivity index (χ1v) is 17.6. The van der Waals surface area contributed by atoms with Crippen LogP contribution in [0.4, 0.5) is 0 Å². The highest BCUT2D eigenvalue weighted by Gasteiger charge is 2.58. The molecule has 0 spiro atoms. The highest BCUT2D eigenvalue weighted by atomic mass is 16.3. The number of rotatable bonds is 18. The number of nitrogens with two attached hydrogens (primary N) is 1. The van der Waals surface area contributed by atoms with Gasteiger partial charge in [0.1, 0.15) is 5.41 Å². The Morgan fingerprint density at radius 1 is 0.681 bits per heavy atom. The molecular weight excluding hydrogens is 584 g/mol. The lowest BCUT2D eigenvalue weighted by Crippen LogP contribution is -2.55. The summed E-state index contributed by atoms with van der Waals surface area (Å²) in [5.41, 5.74) is 4.73. The average Bonchev–Trinajstić information content (AvgIpc) is 3.87. The maximum Gasteiger partial charge on any atom is 0.238 e. The molecule has 5 rings (SSSR count). The van der Waals surface area contributed by atoms with Crippen molar-refractivity contribution in [1.82, 2.24) is 4.90 Å². The van der Waals surface area contributed by atoms with E-state index in [2.05, 4.69) is 72.8 Å². The van der Waals surface area contributed by atoms with Gasteiger partial charge in [-0.3, -0.25) is 9.59 Å². The monoisotopic (exact) mass is 636 g/mol. The standard InChI is InChI=1S/C41H52N2O4/c1-3-23-39(46,25-11-19-33-17-9-15-31-13-5-7-21-35(31)33)29-43(38(45)41(27-28-41)37(42)44)30-40(47,24-4-2)26-12-20-34-18-10-16-32-14-6-8-22-36(32)34/h5-10,13-18,21-22,46-47H,3-4,11-12,19-20,23-30H2,1-2H3,(H2,42,44). The Kier molecular flexibility index (Phi) is 11.0. The summed E-state index contributed by atoms with van der Waals surface area (Å²) in [5, 5.41) is 29.0. The highest BCUT2D eigenvalue weighted by Crippen LogP contribution is 2.47. The third kappa shape index (κ3) is 8.22. The Labute approximate surface area is 280 Å². The fraction of sp³-hybridized carbons (Fsp3) is 0.463. The number of aryl methyl sites for hydroxylation is 2. The molecule has 6 nitrogen and oxygen atoms in total. The molecule has 4 N–H and O–H groups in total. The molecule has 0 radical (unpaired) electrons. The van der Waals surface area contributed by atoms with Gasteiger partial charge in [0.25, 0.3) is 0 Å². The Bertz CT molecular complexity index is 1570. The quantitative estimate of drug-likeness (QED) is 0.0985. The molecule has 0 bridgehead atoms. The molecule has 4 aromatic rings. The molecule has 0 heterocycles. The van der Waals surface area contributed by atoms with Crippen molar-refractivity contribution in [2.75, 3.05) is 13.1 Å². The Morgan fingerprint density at radius 3 is 1.51 bits per heavy atom. The zero-order valence-electron chi connectivity index (χ0n) is 28.2. The van der Waals surface area contributed by atoms with Gasteiger partial charge in [-0.2, -0.15) is 0 Å². The van der Waals surface area contributed by atoms with Gasteiger partial charge in [-0.05, 0) is 96.9 Å². The summed E-state index contributed by atoms with van der Waals surface area (Å²) in [6.45, 7) is 4.21. The summed E-state index contributed by atoms with van der Waals surface area (Å²) in [4.78, 5) is 28.2. The number of carbonyl (C=O) groups is 2. The molecule has 1 aliphatic carbocycles. The molecular formula is C41H52N2O4. The minimum Gasteiger partial charge on any atom is -0.388 e. The second-order valence-corrected chi connectivity index (χ2v) is 14.0. The van der Waals surface area contributed by atoms with Gasteiger partial charge in [-0.25, -0.2) is 0 Å². The largest absolute Gasteiger partial charge is 0.388 e. The van der Waals surface area contributed by atoms with E-state index in [4.69, 9.17) is 5.73 Å². The SMILES string of the molecule is CCCC(O)(CCCc1cccc2ccccc12)CN(CC(O)(CCC)CCCc1cccc2ccccc12)C(=O)C1(C(N)=O)CC1. The number of primary amides is 1. The van der Waals surface area contributed by atoms with E-state index in [1.165, 1.54) is 32.7 Å². The van der Waals surface area contributed by atoms with Crippen LogP contribution in [0.3, 0.4) is 0 Å². The number of amides is 2. The van der Waals surface area contributed by atoms with Crippen molar-refractivity contribution in [3.8, 4) is 0 Å². The fourth-order valence-corrected chi connectivity index (χ4v) is 7.64. The zero-order chi connectivity index (χ0) is 33.5. The van der Waals surface area contributed by atoms with E-state index >= 15 is 0 Å². The lowest BCUT2D eigenvalue weighted by Gasteiger charge is -2.40. The lowest BCUT2D eigenvalue weighted by atomic mass is 9.86. The minimum atomic E-state index is -1.23. The van der Waals surface area contributed by atoms with Crippen LogP contribution in [-0.2, 0) is 22.4 Å². The molecule has 1 fully saturated rings. The number of carbonyl (C=O) groups excluding carboxylic acids is 2. The molecule has 2 unspecified atom stereocenters. The van der Waals surface area contributed by atoms with Crippen LogP contribution in [-0.4, -0.2) is 51.2 Å². The molecule has 4 aromatic carbocycles. The maximum absolute atomic E-state index is 14.1. The normalized spacial score (nSPS) is 16.4. The molecule has 6 heteroatoms. The van der Waals surface area contributed by atoms with Crippen molar-refractivity contribution in [3.63, 3.8) is 0 Å². The molecule has 2 amide bonds. The van der Waals surface area contributed by atoms with E-state index in [1.54, 1.807) is 4.90 Å². The fourth-order valence-electron chi connectivity index (χ4n) is 7.64. The number of benzene rings is 4. The van der Waals surface area contributed by atoms with Crippen LogP contribution < -0.4 is 5.73 Å². The zero-order valence-corrected chi connectivity index (χ0v) is 28.2. The van der Waals surface area contributed by atoms with Crippen LogP contribution in [0.5, 0.6) is 0 Å². The summed E-state index contributed by atoms with van der Waals surface area (Å²) in [6.07, 6.45) is 7.48. The van der Waals surface area contributed by atoms with Crippen LogP contribution in [0.2, 0.25) is 0 Å². The highest BCUT2D eigenvalue weighted by molar-refractivity contribution is 6.07. The van der Waals surface area contributed by atoms with Gasteiger partial charge >= 0.3 is 0 Å². The molecule has 0 aliphatic heterocycles. The summed E-state index contributed by atoms with van der Waals surface area (Å²) >= 11 is 0. The predicted octanol–water partition coefficient (Wildman–Crippen LogP) is 7.50. The second kappa shape index (κ2) is 15.0. The summed E-state index contributed by atoms with van der Waals surface area (Å²) in [7, 11) is 0. The Hall–Kier alpha value is -3.74. The molecule has 2 atom stereocenters. The molecule has 1 saturated carbocycles. The Balaban J connectivity index is 1.33. The van der Waals surface area contributed by atoms with Crippen LogP contribution in [0, 0.1) is 5.41 Å². The first kappa shape index (κ1) is 34.6. The lowest BCUT2D eigenvalue weighted by molar-refractivity contribution is -0.150. The Morgan fingerprint density at radius 2 is 1.11 bits per heavy atom. The predicted molar refractivity (Wildman–Crippen MR) is 191 cm³/mol. The van der Waals surface area contributed by atoms with Crippen molar-refractivity contribution >= 4 is 33.4 Å². The van der Waals surface area contributed by atoms with E-state index in [0.29, 0.717) is 38.5 Å². The van der Waals surface area contributed by atoms with E-state index in [-0.39, 0.29) is 19.0 Å². The van der Waals surface area contributed by atoms with Crippen molar-refractivity contribution in [2.45, 2.75) is 102 Å². The summed E-state index contributed by atoms with van der Waals surface area (Å²) in [6, 6.07) is 29.3. The summed E-state index contributed by atoms with van der Waals surface area (Å²) in [5.74, 6) is -0.963. The van der Waals surface area contributed by atoms with Crippen molar-refractivity contribution < 1.29 is 19.8 Å². The van der Waals surface area contributed by atoms with Gasteiger partial charge in [-0.1, -0.05) is 112 Å². The molecule has 47 heavy (non-hydrogen) atoms. The maximum atomic E-state index is 14.1. The van der Waals surface area contributed by atoms with E-state index in [0.717, 1.165) is 38.5 Å². The van der Waals surface area contributed by atoms with Crippen LogP contribution in [0.15, 0.2) is 84.9 Å². The molecule has 0 saturated heterocycles. The number of hydrogen-bond acceptors (Lipinski definition) is 4. The van der Waals surface area contributed by atoms with Gasteiger partial charge in [0.05, 0.1) is 11.2 Å². The van der Waals surface area contributed by atoms with Gasteiger partial charge in [0.2, 0.25) is 11.8 Å². The average molecular weight is 637 g/mol. The van der Waals surface area contributed by atoms with Crippen LogP contribution in [0.1, 0.15) is 89.2 Å². The number of aliphatic hydroxyl groups is 2. The van der Waals surface area contributed by atoms with Crippen LogP contribution in [0.25, 0.3) is 21.5 Å². The van der Waals surface area contributed by atoms with Crippen LogP contribution >= 0.6 is 0 Å². The van der Waals surface area contributed by atoms with Gasteiger partial charge < -0.3 is 20.8 Å². The topological polar surface area (TPSA) is 104 Å².